The molecule has 0 radical (unpaired) electrons. The van der Waals surface area contributed by atoms with Gasteiger partial charge in [0.1, 0.15) is 0 Å². The van der Waals surface area contributed by atoms with E-state index in [-0.39, 0.29) is 16.2 Å². The third kappa shape index (κ3) is 5.27. The van der Waals surface area contributed by atoms with Crippen LogP contribution < -0.4 is 4.90 Å². The molecule has 6 aromatic carbocycles. The normalized spacial score (nSPS) is 16.0. The quantitative estimate of drug-likeness (QED) is 0.173. The molecule has 0 unspecified atom stereocenters. The summed E-state index contributed by atoms with van der Waals surface area (Å²) >= 11 is 0. The van der Waals surface area contributed by atoms with Crippen LogP contribution in [0.3, 0.4) is 0 Å². The highest BCUT2D eigenvalue weighted by molar-refractivity contribution is 5.99. The first kappa shape index (κ1) is 34.4. The van der Waals surface area contributed by atoms with Crippen LogP contribution in [0.2, 0.25) is 0 Å². The molecule has 0 fully saturated rings. The zero-order valence-corrected chi connectivity index (χ0v) is 33.1. The van der Waals surface area contributed by atoms with Crippen LogP contribution in [-0.4, -0.2) is 0 Å². The summed E-state index contributed by atoms with van der Waals surface area (Å²) in [5, 5.41) is 0. The summed E-state index contributed by atoms with van der Waals surface area (Å²) in [7, 11) is 0. The van der Waals surface area contributed by atoms with E-state index in [1.807, 2.05) is 0 Å². The molecule has 0 N–H and O–H groups in total. The van der Waals surface area contributed by atoms with Crippen molar-refractivity contribution in [1.29, 1.82) is 0 Å². The molecule has 0 heterocycles. The molecular formula is C53H51N. The number of anilines is 3. The van der Waals surface area contributed by atoms with Gasteiger partial charge < -0.3 is 4.90 Å². The lowest BCUT2D eigenvalue weighted by atomic mass is 9.77. The van der Waals surface area contributed by atoms with E-state index in [4.69, 9.17) is 0 Å². The van der Waals surface area contributed by atoms with Gasteiger partial charge in [-0.15, -0.1) is 0 Å². The number of para-hydroxylation sites is 1. The Bertz CT molecular complexity index is 2530. The Morgan fingerprint density at radius 1 is 0.537 bits per heavy atom. The van der Waals surface area contributed by atoms with Crippen molar-refractivity contribution in [2.75, 3.05) is 4.90 Å². The highest BCUT2D eigenvalue weighted by Gasteiger charge is 2.39. The Kier molecular flexibility index (Phi) is 7.84. The predicted octanol–water partition coefficient (Wildman–Crippen LogP) is 14.8. The molecule has 0 saturated heterocycles. The molecule has 0 saturated carbocycles. The van der Waals surface area contributed by atoms with Crippen LogP contribution in [0, 0.1) is 6.92 Å². The standard InChI is InChI=1S/C53H51N/c1-34-31-43-48(33-46(34)51(2,3)4)53(7,8)45-23-16-21-42(50(43)45)41-20-13-15-24-49(41)54(37-27-25-36(26-28-37)35-17-10-9-11-18-35)38-29-30-40-39-19-12-14-22-44(39)52(5,6)47(40)32-38/h10,12-33H,9,11H2,1-8H3. The smallest absolute Gasteiger partial charge is 0.0540 e. The van der Waals surface area contributed by atoms with Crippen molar-refractivity contribution in [3.63, 3.8) is 0 Å². The summed E-state index contributed by atoms with van der Waals surface area (Å²) in [6.07, 6.45) is 9.14. The fraction of sp³-hybridized carbons (Fsp3) is 0.245. The van der Waals surface area contributed by atoms with Crippen LogP contribution in [0.25, 0.3) is 39.0 Å². The van der Waals surface area contributed by atoms with Gasteiger partial charge in [-0.3, -0.25) is 0 Å². The van der Waals surface area contributed by atoms with E-state index in [9.17, 15) is 0 Å². The average Bonchev–Trinajstić information content (AvgIpc) is 3.54. The molecule has 0 amide bonds. The molecule has 0 aromatic heterocycles. The van der Waals surface area contributed by atoms with Crippen LogP contribution in [-0.2, 0) is 16.2 Å². The monoisotopic (exact) mass is 701 g/mol. The highest BCUT2D eigenvalue weighted by atomic mass is 15.1. The first-order valence-corrected chi connectivity index (χ1v) is 19.8. The van der Waals surface area contributed by atoms with E-state index < -0.39 is 0 Å². The first-order valence-electron chi connectivity index (χ1n) is 19.8. The summed E-state index contributed by atoms with van der Waals surface area (Å²) in [6, 6.07) is 46.3. The van der Waals surface area contributed by atoms with Crippen molar-refractivity contribution in [1.82, 2.24) is 0 Å². The van der Waals surface area contributed by atoms with Gasteiger partial charge in [0.25, 0.3) is 0 Å². The molecule has 3 aliphatic carbocycles. The van der Waals surface area contributed by atoms with Gasteiger partial charge in [-0.1, -0.05) is 158 Å². The van der Waals surface area contributed by atoms with Gasteiger partial charge in [-0.05, 0) is 128 Å². The molecule has 6 aromatic rings. The summed E-state index contributed by atoms with van der Waals surface area (Å²) in [5.41, 5.74) is 22.3. The number of allylic oxidation sites excluding steroid dienone is 4. The maximum atomic E-state index is 2.51. The van der Waals surface area contributed by atoms with Gasteiger partial charge in [0.15, 0.2) is 0 Å². The second kappa shape index (κ2) is 12.3. The number of hydrogen-bond donors (Lipinski definition) is 0. The molecule has 9 rings (SSSR count). The summed E-state index contributed by atoms with van der Waals surface area (Å²) in [4.78, 5) is 2.50. The largest absolute Gasteiger partial charge is 0.310 e. The third-order valence-electron chi connectivity index (χ3n) is 12.6. The Morgan fingerprint density at radius 2 is 1.17 bits per heavy atom. The number of nitrogens with zero attached hydrogens (tertiary/aromatic N) is 1. The Labute approximate surface area is 322 Å². The average molecular weight is 702 g/mol. The van der Waals surface area contributed by atoms with Gasteiger partial charge in [0.2, 0.25) is 0 Å². The second-order valence-corrected chi connectivity index (χ2v) is 17.8. The van der Waals surface area contributed by atoms with Crippen molar-refractivity contribution in [3.05, 3.63) is 178 Å². The zero-order chi connectivity index (χ0) is 37.6. The van der Waals surface area contributed by atoms with E-state index in [0.717, 1.165) is 18.5 Å². The first-order chi connectivity index (χ1) is 25.9. The number of benzene rings is 6. The topological polar surface area (TPSA) is 3.24 Å². The molecule has 0 bridgehead atoms. The predicted molar refractivity (Wildman–Crippen MR) is 231 cm³/mol. The van der Waals surface area contributed by atoms with E-state index in [2.05, 4.69) is 200 Å². The van der Waals surface area contributed by atoms with E-state index in [1.54, 1.807) is 0 Å². The van der Waals surface area contributed by atoms with E-state index in [1.165, 1.54) is 89.3 Å². The SMILES string of the molecule is Cc1cc2c(cc1C(C)(C)C)C(C)(C)c1cccc(-c3ccccc3N(c3ccc(C4=CCCC=C4)cc3)c3ccc4c(c3)C(C)(C)c3ccccc3-4)c1-2. The van der Waals surface area contributed by atoms with Gasteiger partial charge in [-0.25, -0.2) is 0 Å². The maximum Gasteiger partial charge on any atom is 0.0540 e. The molecule has 0 spiro atoms. The van der Waals surface area contributed by atoms with Gasteiger partial charge in [-0.2, -0.15) is 0 Å². The van der Waals surface area contributed by atoms with Crippen LogP contribution in [0.4, 0.5) is 17.1 Å². The number of aryl methyl sites for hydroxylation is 1. The van der Waals surface area contributed by atoms with Crippen molar-refractivity contribution < 1.29 is 0 Å². The van der Waals surface area contributed by atoms with E-state index in [0.29, 0.717) is 0 Å². The van der Waals surface area contributed by atoms with Crippen LogP contribution in [0.1, 0.15) is 100 Å². The van der Waals surface area contributed by atoms with Gasteiger partial charge in [0, 0.05) is 27.8 Å². The molecule has 54 heavy (non-hydrogen) atoms. The number of hydrogen-bond acceptors (Lipinski definition) is 1. The fourth-order valence-electron chi connectivity index (χ4n) is 9.76. The van der Waals surface area contributed by atoms with Crippen LogP contribution in [0.15, 0.2) is 140 Å². The molecule has 3 aliphatic rings. The fourth-order valence-corrected chi connectivity index (χ4v) is 9.76. The zero-order valence-electron chi connectivity index (χ0n) is 33.1. The lowest BCUT2D eigenvalue weighted by Crippen LogP contribution is -2.18. The molecule has 1 heteroatoms. The minimum Gasteiger partial charge on any atom is -0.310 e. The molecule has 268 valence electrons. The highest BCUT2D eigenvalue weighted by Crippen LogP contribution is 2.56. The van der Waals surface area contributed by atoms with Crippen LogP contribution >= 0.6 is 0 Å². The van der Waals surface area contributed by atoms with Crippen molar-refractivity contribution in [2.45, 2.75) is 84.5 Å². The van der Waals surface area contributed by atoms with Crippen molar-refractivity contribution >= 4 is 22.6 Å². The van der Waals surface area contributed by atoms with Crippen molar-refractivity contribution in [3.8, 4) is 33.4 Å². The Balaban J connectivity index is 1.26. The van der Waals surface area contributed by atoms with Gasteiger partial charge in [0.05, 0.1) is 5.69 Å². The molecule has 0 atom stereocenters. The lowest BCUT2D eigenvalue weighted by molar-refractivity contribution is 0.580. The lowest BCUT2D eigenvalue weighted by Gasteiger charge is -2.30. The number of rotatable bonds is 5. The minimum absolute atomic E-state index is 0.0745. The van der Waals surface area contributed by atoms with Crippen LogP contribution in [0.5, 0.6) is 0 Å². The second-order valence-electron chi connectivity index (χ2n) is 17.8. The summed E-state index contributed by atoms with van der Waals surface area (Å²) in [5.74, 6) is 0. The maximum absolute atomic E-state index is 2.51. The van der Waals surface area contributed by atoms with Crippen molar-refractivity contribution in [2.24, 2.45) is 0 Å². The van der Waals surface area contributed by atoms with E-state index >= 15 is 0 Å². The van der Waals surface area contributed by atoms with Gasteiger partial charge >= 0.3 is 0 Å². The molecule has 1 nitrogen and oxygen atoms in total. The Hall–Kier alpha value is -5.40. The Morgan fingerprint density at radius 3 is 1.91 bits per heavy atom. The summed E-state index contributed by atoms with van der Waals surface area (Å²) in [6.45, 7) is 18.9. The minimum atomic E-state index is -0.109. The molecular weight excluding hydrogens is 651 g/mol. The summed E-state index contributed by atoms with van der Waals surface area (Å²) < 4.78 is 0. The third-order valence-corrected chi connectivity index (χ3v) is 12.6. The molecule has 0 aliphatic heterocycles. The number of fused-ring (bicyclic) bond motifs is 6.